The van der Waals surface area contributed by atoms with Crippen LogP contribution in [0.1, 0.15) is 48.0 Å². The summed E-state index contributed by atoms with van der Waals surface area (Å²) < 4.78 is 0. The first-order valence-electron chi connectivity index (χ1n) is 9.49. The normalized spacial score (nSPS) is 21.6. The minimum Gasteiger partial charge on any atom is -0.339 e. The van der Waals surface area contributed by atoms with Gasteiger partial charge in [-0.3, -0.25) is 19.3 Å². The molecule has 0 saturated carbocycles. The Morgan fingerprint density at radius 2 is 1.63 bits per heavy atom. The van der Waals surface area contributed by atoms with Gasteiger partial charge in [0.15, 0.2) is 0 Å². The summed E-state index contributed by atoms with van der Waals surface area (Å²) in [6.07, 6.45) is 3.98. The smallest absolute Gasteiger partial charge is 0.253 e. The fourth-order valence-corrected chi connectivity index (χ4v) is 4.32. The van der Waals surface area contributed by atoms with E-state index in [1.807, 2.05) is 29.2 Å². The number of carbonyl (C=O) groups is 3. The Hall–Kier alpha value is -1.92. The summed E-state index contributed by atoms with van der Waals surface area (Å²) in [5, 5.41) is 3.45. The van der Waals surface area contributed by atoms with Gasteiger partial charge in [0.2, 0.25) is 11.8 Å². The number of benzene rings is 1. The highest BCUT2D eigenvalue weighted by molar-refractivity contribution is 6.01. The number of amides is 3. The average molecular weight is 392 g/mol. The van der Waals surface area contributed by atoms with Crippen LogP contribution in [-0.2, 0) is 16.1 Å². The van der Waals surface area contributed by atoms with Crippen LogP contribution in [0.4, 0.5) is 0 Å². The molecule has 27 heavy (non-hydrogen) atoms. The van der Waals surface area contributed by atoms with Crippen molar-refractivity contribution in [2.75, 3.05) is 26.2 Å². The van der Waals surface area contributed by atoms with E-state index in [1.54, 1.807) is 0 Å². The molecule has 7 heteroatoms. The van der Waals surface area contributed by atoms with Gasteiger partial charge in [-0.25, -0.2) is 0 Å². The Kier molecular flexibility index (Phi) is 5.86. The van der Waals surface area contributed by atoms with Crippen LogP contribution in [-0.4, -0.2) is 53.7 Å². The average Bonchev–Trinajstić information content (AvgIpc) is 3.24. The molecule has 146 valence electrons. The first-order valence-corrected chi connectivity index (χ1v) is 9.49. The molecule has 4 rings (SSSR count). The maximum atomic E-state index is 12.8. The molecular formula is C20H26ClN3O3. The molecule has 3 fully saturated rings. The summed E-state index contributed by atoms with van der Waals surface area (Å²) in [5.74, 6) is -0.150. The predicted molar refractivity (Wildman–Crippen MR) is 104 cm³/mol. The van der Waals surface area contributed by atoms with Crippen molar-refractivity contribution in [3.05, 3.63) is 35.4 Å². The molecule has 3 saturated heterocycles. The van der Waals surface area contributed by atoms with E-state index in [1.165, 1.54) is 11.3 Å². The third kappa shape index (κ3) is 4.01. The molecular weight excluding hydrogens is 366 g/mol. The fraction of sp³-hybridized carbons (Fsp3) is 0.550. The van der Waals surface area contributed by atoms with Crippen molar-refractivity contribution in [3.63, 3.8) is 0 Å². The van der Waals surface area contributed by atoms with Crippen LogP contribution in [0.15, 0.2) is 24.3 Å². The molecule has 3 aliphatic rings. The van der Waals surface area contributed by atoms with Gasteiger partial charge in [-0.15, -0.1) is 12.4 Å². The van der Waals surface area contributed by atoms with Gasteiger partial charge in [0.25, 0.3) is 5.91 Å². The molecule has 0 radical (unpaired) electrons. The maximum Gasteiger partial charge on any atom is 0.253 e. The highest BCUT2D eigenvalue weighted by atomic mass is 35.5. The monoisotopic (exact) mass is 391 g/mol. The van der Waals surface area contributed by atoms with E-state index in [2.05, 4.69) is 5.32 Å². The lowest BCUT2D eigenvalue weighted by molar-refractivity contribution is -0.139. The molecule has 1 aromatic rings. The number of carbonyl (C=O) groups excluding carboxylic acids is 3. The summed E-state index contributed by atoms with van der Waals surface area (Å²) in [7, 11) is 0. The Labute approximate surface area is 165 Å². The molecule has 3 heterocycles. The quantitative estimate of drug-likeness (QED) is 0.800. The first-order chi connectivity index (χ1) is 12.6. The van der Waals surface area contributed by atoms with Gasteiger partial charge in [0.05, 0.1) is 6.54 Å². The lowest BCUT2D eigenvalue weighted by Gasteiger charge is -2.38. The second kappa shape index (κ2) is 7.98. The van der Waals surface area contributed by atoms with Crippen molar-refractivity contribution in [3.8, 4) is 0 Å². The molecule has 3 amide bonds. The predicted octanol–water partition coefficient (Wildman–Crippen LogP) is 1.97. The van der Waals surface area contributed by atoms with Gasteiger partial charge >= 0.3 is 0 Å². The van der Waals surface area contributed by atoms with E-state index < -0.39 is 0 Å². The topological polar surface area (TPSA) is 69.7 Å². The van der Waals surface area contributed by atoms with Crippen molar-refractivity contribution in [2.45, 2.75) is 38.6 Å². The van der Waals surface area contributed by atoms with Gasteiger partial charge in [0, 0.05) is 38.0 Å². The Morgan fingerprint density at radius 3 is 2.19 bits per heavy atom. The number of hydrogen-bond acceptors (Lipinski definition) is 4. The number of likely N-dealkylation sites (tertiary alicyclic amines) is 2. The standard InChI is InChI=1S/C20H25N3O3.ClH/c24-17-5-6-18(25)23(17)13-15-1-3-16(4-2-15)19(26)22-11-8-20(9-12-22)7-10-21-14-20;/h1-4,21H,5-14H2;1H. The molecule has 3 aliphatic heterocycles. The number of piperidine rings is 1. The molecule has 0 unspecified atom stereocenters. The zero-order chi connectivity index (χ0) is 18.1. The summed E-state index contributed by atoms with van der Waals surface area (Å²) in [6, 6.07) is 7.31. The van der Waals surface area contributed by atoms with Crippen LogP contribution in [0.25, 0.3) is 0 Å². The minimum atomic E-state index is -0.112. The zero-order valence-corrected chi connectivity index (χ0v) is 16.2. The van der Waals surface area contributed by atoms with Crippen LogP contribution < -0.4 is 5.32 Å². The maximum absolute atomic E-state index is 12.8. The number of nitrogens with one attached hydrogen (secondary N) is 1. The largest absolute Gasteiger partial charge is 0.339 e. The van der Waals surface area contributed by atoms with E-state index in [0.29, 0.717) is 30.4 Å². The summed E-state index contributed by atoms with van der Waals surface area (Å²) in [5.41, 5.74) is 1.95. The van der Waals surface area contributed by atoms with Crippen LogP contribution >= 0.6 is 12.4 Å². The zero-order valence-electron chi connectivity index (χ0n) is 15.4. The van der Waals surface area contributed by atoms with E-state index in [0.717, 1.165) is 44.6 Å². The summed E-state index contributed by atoms with van der Waals surface area (Å²) in [6.45, 7) is 4.11. The third-order valence-corrected chi connectivity index (χ3v) is 6.14. The van der Waals surface area contributed by atoms with E-state index in [4.69, 9.17) is 0 Å². The third-order valence-electron chi connectivity index (χ3n) is 6.14. The molecule has 6 nitrogen and oxygen atoms in total. The summed E-state index contributed by atoms with van der Waals surface area (Å²) >= 11 is 0. The molecule has 0 aromatic heterocycles. The lowest BCUT2D eigenvalue weighted by Crippen LogP contribution is -2.44. The number of nitrogens with zero attached hydrogens (tertiary/aromatic N) is 2. The second-order valence-electron chi connectivity index (χ2n) is 7.79. The highest BCUT2D eigenvalue weighted by Crippen LogP contribution is 2.37. The number of halogens is 1. The Bertz CT molecular complexity index is 702. The van der Waals surface area contributed by atoms with Crippen molar-refractivity contribution >= 4 is 30.1 Å². The molecule has 0 atom stereocenters. The van der Waals surface area contributed by atoms with Gasteiger partial charge in [0.1, 0.15) is 0 Å². The van der Waals surface area contributed by atoms with Gasteiger partial charge in [-0.05, 0) is 48.9 Å². The fourth-order valence-electron chi connectivity index (χ4n) is 4.32. The Balaban J connectivity index is 0.00000210. The second-order valence-corrected chi connectivity index (χ2v) is 7.79. The molecule has 1 aromatic carbocycles. The van der Waals surface area contributed by atoms with Gasteiger partial charge in [-0.1, -0.05) is 12.1 Å². The van der Waals surface area contributed by atoms with Crippen LogP contribution in [0.2, 0.25) is 0 Å². The van der Waals surface area contributed by atoms with Crippen molar-refractivity contribution in [1.82, 2.24) is 15.1 Å². The van der Waals surface area contributed by atoms with Crippen LogP contribution in [0.3, 0.4) is 0 Å². The molecule has 0 aliphatic carbocycles. The molecule has 1 N–H and O–H groups in total. The molecule has 1 spiro atoms. The van der Waals surface area contributed by atoms with Gasteiger partial charge < -0.3 is 10.2 Å². The van der Waals surface area contributed by atoms with E-state index in [9.17, 15) is 14.4 Å². The van der Waals surface area contributed by atoms with Gasteiger partial charge in [-0.2, -0.15) is 0 Å². The number of imide groups is 1. The minimum absolute atomic E-state index is 0. The van der Waals surface area contributed by atoms with Crippen molar-refractivity contribution < 1.29 is 14.4 Å². The van der Waals surface area contributed by atoms with Crippen molar-refractivity contribution in [2.24, 2.45) is 5.41 Å². The van der Waals surface area contributed by atoms with E-state index in [-0.39, 0.29) is 30.1 Å². The molecule has 0 bridgehead atoms. The number of rotatable bonds is 3. The Morgan fingerprint density at radius 1 is 1.00 bits per heavy atom. The van der Waals surface area contributed by atoms with Crippen molar-refractivity contribution in [1.29, 1.82) is 0 Å². The van der Waals surface area contributed by atoms with E-state index >= 15 is 0 Å². The lowest BCUT2D eigenvalue weighted by atomic mass is 9.78. The SMILES string of the molecule is Cl.O=C(c1ccc(CN2C(=O)CCC2=O)cc1)N1CCC2(CCNC2)CC1. The number of hydrogen-bond donors (Lipinski definition) is 1. The van der Waals surface area contributed by atoms with Crippen LogP contribution in [0.5, 0.6) is 0 Å². The van der Waals surface area contributed by atoms with Crippen LogP contribution in [0, 0.1) is 5.41 Å². The first kappa shape index (κ1) is 19.8. The highest BCUT2D eigenvalue weighted by Gasteiger charge is 2.38. The summed E-state index contributed by atoms with van der Waals surface area (Å²) in [4.78, 5) is 39.4.